The van der Waals surface area contributed by atoms with Crippen LogP contribution in [0.4, 0.5) is 0 Å². The van der Waals surface area contributed by atoms with E-state index in [1.165, 1.54) is 5.56 Å². The predicted octanol–water partition coefficient (Wildman–Crippen LogP) is 2.06. The quantitative estimate of drug-likeness (QED) is 0.841. The van der Waals surface area contributed by atoms with Crippen LogP contribution in [0.5, 0.6) is 0 Å². The molecular formula is C13H17ClN4. The number of alkyl halides is 1. The summed E-state index contributed by atoms with van der Waals surface area (Å²) in [5.74, 6) is 0.497. The molecule has 1 unspecified atom stereocenters. The predicted molar refractivity (Wildman–Crippen MR) is 72.4 cm³/mol. The van der Waals surface area contributed by atoms with Crippen LogP contribution in [-0.2, 0) is 19.1 Å². The molecule has 96 valence electrons. The van der Waals surface area contributed by atoms with E-state index >= 15 is 0 Å². The molecule has 0 aliphatic rings. The van der Waals surface area contributed by atoms with E-state index in [0.29, 0.717) is 12.4 Å². The number of aromatic nitrogens is 3. The highest BCUT2D eigenvalue weighted by Crippen LogP contribution is 2.22. The van der Waals surface area contributed by atoms with Crippen molar-refractivity contribution in [2.45, 2.75) is 19.0 Å². The van der Waals surface area contributed by atoms with Crippen LogP contribution in [0.15, 0.2) is 36.5 Å². The molecule has 0 aliphatic heterocycles. The fourth-order valence-corrected chi connectivity index (χ4v) is 2.04. The van der Waals surface area contributed by atoms with E-state index in [-0.39, 0.29) is 5.54 Å². The molecule has 0 saturated heterocycles. The summed E-state index contributed by atoms with van der Waals surface area (Å²) in [7, 11) is 1.86. The molecule has 0 bridgehead atoms. The zero-order valence-corrected chi connectivity index (χ0v) is 11.4. The molecule has 5 heteroatoms. The maximum Gasteiger partial charge on any atom is 0.0964 e. The summed E-state index contributed by atoms with van der Waals surface area (Å²) in [5, 5.41) is 11.4. The highest BCUT2D eigenvalue weighted by molar-refractivity contribution is 6.18. The first-order valence-electron chi connectivity index (χ1n) is 5.86. The molecule has 18 heavy (non-hydrogen) atoms. The van der Waals surface area contributed by atoms with Gasteiger partial charge < -0.3 is 5.32 Å². The molecule has 0 fully saturated rings. The van der Waals surface area contributed by atoms with Crippen LogP contribution in [0.3, 0.4) is 0 Å². The van der Waals surface area contributed by atoms with Crippen LogP contribution in [0.2, 0.25) is 0 Å². The van der Waals surface area contributed by atoms with Gasteiger partial charge >= 0.3 is 0 Å². The van der Waals surface area contributed by atoms with Crippen molar-refractivity contribution in [1.82, 2.24) is 20.3 Å². The molecule has 2 rings (SSSR count). The SMILES string of the molecule is Cn1cc(CNC(C)(CCl)c2ccccc2)nn1. The van der Waals surface area contributed by atoms with Gasteiger partial charge in [-0.15, -0.1) is 16.7 Å². The fourth-order valence-electron chi connectivity index (χ4n) is 1.79. The molecular weight excluding hydrogens is 248 g/mol. The number of aryl methyl sites for hydroxylation is 1. The van der Waals surface area contributed by atoms with Crippen molar-refractivity contribution < 1.29 is 0 Å². The van der Waals surface area contributed by atoms with E-state index in [9.17, 15) is 0 Å². The molecule has 0 spiro atoms. The Balaban J connectivity index is 2.09. The molecule has 0 amide bonds. The Morgan fingerprint density at radius 1 is 1.33 bits per heavy atom. The molecule has 4 nitrogen and oxygen atoms in total. The molecule has 1 aromatic carbocycles. The molecule has 0 radical (unpaired) electrons. The van der Waals surface area contributed by atoms with Crippen molar-refractivity contribution >= 4 is 11.6 Å². The first-order valence-corrected chi connectivity index (χ1v) is 6.39. The maximum absolute atomic E-state index is 6.11. The molecule has 1 N–H and O–H groups in total. The van der Waals surface area contributed by atoms with Crippen LogP contribution in [0.1, 0.15) is 18.2 Å². The second-order valence-corrected chi connectivity index (χ2v) is 4.84. The monoisotopic (exact) mass is 264 g/mol. The van der Waals surface area contributed by atoms with Gasteiger partial charge in [0.1, 0.15) is 0 Å². The van der Waals surface area contributed by atoms with Crippen LogP contribution in [0, 0.1) is 0 Å². The van der Waals surface area contributed by atoms with Gasteiger partial charge in [0.25, 0.3) is 0 Å². The van der Waals surface area contributed by atoms with Gasteiger partial charge in [-0.3, -0.25) is 4.68 Å². The van der Waals surface area contributed by atoms with Gasteiger partial charge in [-0.05, 0) is 12.5 Å². The molecule has 1 atom stereocenters. The number of nitrogens with one attached hydrogen (secondary N) is 1. The summed E-state index contributed by atoms with van der Waals surface area (Å²) >= 11 is 6.11. The first kappa shape index (κ1) is 13.1. The van der Waals surface area contributed by atoms with Crippen molar-refractivity contribution in [3.8, 4) is 0 Å². The Morgan fingerprint density at radius 3 is 2.61 bits per heavy atom. The zero-order valence-electron chi connectivity index (χ0n) is 10.6. The van der Waals surface area contributed by atoms with E-state index in [1.54, 1.807) is 4.68 Å². The summed E-state index contributed by atoms with van der Waals surface area (Å²) in [6, 6.07) is 10.2. The third-order valence-electron chi connectivity index (χ3n) is 2.99. The van der Waals surface area contributed by atoms with Crippen molar-refractivity contribution in [2.24, 2.45) is 7.05 Å². The summed E-state index contributed by atoms with van der Waals surface area (Å²) in [5.41, 5.74) is 1.81. The lowest BCUT2D eigenvalue weighted by Gasteiger charge is -2.29. The van der Waals surface area contributed by atoms with Gasteiger partial charge in [-0.1, -0.05) is 35.5 Å². The minimum atomic E-state index is -0.264. The third kappa shape index (κ3) is 2.89. The Kier molecular flexibility index (Phi) is 3.99. The van der Waals surface area contributed by atoms with E-state index in [1.807, 2.05) is 31.4 Å². The van der Waals surface area contributed by atoms with Gasteiger partial charge in [0.05, 0.1) is 11.2 Å². The summed E-state index contributed by atoms with van der Waals surface area (Å²) in [6.07, 6.45) is 1.90. The number of halogens is 1. The Bertz CT molecular complexity index is 497. The largest absolute Gasteiger partial charge is 0.301 e. The molecule has 0 aliphatic carbocycles. The van der Waals surface area contributed by atoms with Gasteiger partial charge in [-0.25, -0.2) is 0 Å². The van der Waals surface area contributed by atoms with Crippen LogP contribution < -0.4 is 5.32 Å². The van der Waals surface area contributed by atoms with Crippen molar-refractivity contribution in [2.75, 3.05) is 5.88 Å². The van der Waals surface area contributed by atoms with Crippen molar-refractivity contribution in [3.05, 3.63) is 47.8 Å². The Morgan fingerprint density at radius 2 is 2.06 bits per heavy atom. The minimum absolute atomic E-state index is 0.264. The average molecular weight is 265 g/mol. The van der Waals surface area contributed by atoms with Gasteiger partial charge in [0.15, 0.2) is 0 Å². The standard InChI is InChI=1S/C13H17ClN4/c1-13(10-14,11-6-4-3-5-7-11)15-8-12-9-18(2)17-16-12/h3-7,9,15H,8,10H2,1-2H3. The Labute approximate surface area is 112 Å². The fraction of sp³-hybridized carbons (Fsp3) is 0.385. The molecule has 1 aromatic heterocycles. The summed E-state index contributed by atoms with van der Waals surface area (Å²) in [4.78, 5) is 0. The van der Waals surface area contributed by atoms with E-state index < -0.39 is 0 Å². The zero-order chi connectivity index (χ0) is 13.0. The normalized spacial score (nSPS) is 14.4. The van der Waals surface area contributed by atoms with E-state index in [2.05, 4.69) is 34.7 Å². The van der Waals surface area contributed by atoms with Crippen molar-refractivity contribution in [1.29, 1.82) is 0 Å². The first-order chi connectivity index (χ1) is 8.64. The lowest BCUT2D eigenvalue weighted by atomic mass is 9.94. The van der Waals surface area contributed by atoms with Crippen LogP contribution in [0.25, 0.3) is 0 Å². The maximum atomic E-state index is 6.11. The van der Waals surface area contributed by atoms with E-state index in [4.69, 9.17) is 11.6 Å². The lowest BCUT2D eigenvalue weighted by molar-refractivity contribution is 0.404. The summed E-state index contributed by atoms with van der Waals surface area (Å²) in [6.45, 7) is 2.73. The smallest absolute Gasteiger partial charge is 0.0964 e. The Hall–Kier alpha value is -1.39. The number of hydrogen-bond donors (Lipinski definition) is 1. The van der Waals surface area contributed by atoms with Crippen LogP contribution in [-0.4, -0.2) is 20.9 Å². The lowest BCUT2D eigenvalue weighted by Crippen LogP contribution is -2.40. The second kappa shape index (κ2) is 5.50. The average Bonchev–Trinajstić information content (AvgIpc) is 2.83. The second-order valence-electron chi connectivity index (χ2n) is 4.57. The molecule has 0 saturated carbocycles. The van der Waals surface area contributed by atoms with E-state index in [0.717, 1.165) is 5.69 Å². The highest BCUT2D eigenvalue weighted by atomic mass is 35.5. The van der Waals surface area contributed by atoms with Crippen LogP contribution >= 0.6 is 11.6 Å². The van der Waals surface area contributed by atoms with Gasteiger partial charge in [0.2, 0.25) is 0 Å². The van der Waals surface area contributed by atoms with Gasteiger partial charge in [0, 0.05) is 25.7 Å². The number of hydrogen-bond acceptors (Lipinski definition) is 3. The summed E-state index contributed by atoms with van der Waals surface area (Å²) < 4.78 is 1.69. The van der Waals surface area contributed by atoms with Crippen molar-refractivity contribution in [3.63, 3.8) is 0 Å². The van der Waals surface area contributed by atoms with Gasteiger partial charge in [-0.2, -0.15) is 0 Å². The number of rotatable bonds is 5. The number of benzene rings is 1. The number of nitrogens with zero attached hydrogens (tertiary/aromatic N) is 3. The minimum Gasteiger partial charge on any atom is -0.301 e. The highest BCUT2D eigenvalue weighted by Gasteiger charge is 2.24. The topological polar surface area (TPSA) is 42.7 Å². The molecule has 2 aromatic rings. The molecule has 1 heterocycles. The third-order valence-corrected chi connectivity index (χ3v) is 3.52.